The number of hydrogen-bond acceptors (Lipinski definition) is 5. The van der Waals surface area contributed by atoms with Crippen molar-refractivity contribution < 1.29 is 8.78 Å². The SMILES string of the molecule is CCc1c(Cc2cc(-n3nc(C)cc3C(F)F)ncn2)nn(C)c1-c1ccc(C#N)cc1. The van der Waals surface area contributed by atoms with E-state index in [1.54, 1.807) is 25.1 Å². The highest BCUT2D eigenvalue weighted by molar-refractivity contribution is 5.66. The first-order valence-electron chi connectivity index (χ1n) is 10.1. The highest BCUT2D eigenvalue weighted by atomic mass is 19.3. The number of nitrogens with zero attached hydrogens (tertiary/aromatic N) is 7. The van der Waals surface area contributed by atoms with Crippen molar-refractivity contribution in [2.45, 2.75) is 33.1 Å². The van der Waals surface area contributed by atoms with Gasteiger partial charge < -0.3 is 0 Å². The van der Waals surface area contributed by atoms with Gasteiger partial charge in [-0.25, -0.2) is 23.4 Å². The number of aromatic nitrogens is 6. The van der Waals surface area contributed by atoms with Gasteiger partial charge in [-0.05, 0) is 31.5 Å². The Kier molecular flexibility index (Phi) is 5.77. The van der Waals surface area contributed by atoms with Gasteiger partial charge in [0.2, 0.25) is 0 Å². The van der Waals surface area contributed by atoms with Crippen LogP contribution in [-0.4, -0.2) is 29.5 Å². The Morgan fingerprint density at radius 2 is 1.84 bits per heavy atom. The molecule has 9 heteroatoms. The second-order valence-electron chi connectivity index (χ2n) is 7.41. The Morgan fingerprint density at radius 3 is 2.50 bits per heavy atom. The molecule has 0 bridgehead atoms. The van der Waals surface area contributed by atoms with Crippen molar-refractivity contribution in [3.05, 3.63) is 76.6 Å². The smallest absolute Gasteiger partial charge is 0.267 e. The van der Waals surface area contributed by atoms with Gasteiger partial charge in [-0.15, -0.1) is 0 Å². The van der Waals surface area contributed by atoms with Gasteiger partial charge in [0, 0.05) is 30.7 Å². The molecule has 4 aromatic rings. The van der Waals surface area contributed by atoms with Crippen molar-refractivity contribution >= 4 is 0 Å². The van der Waals surface area contributed by atoms with Crippen LogP contribution in [0.5, 0.6) is 0 Å². The van der Waals surface area contributed by atoms with Gasteiger partial charge in [-0.1, -0.05) is 19.1 Å². The maximum absolute atomic E-state index is 13.4. The minimum Gasteiger partial charge on any atom is -0.267 e. The molecular weight excluding hydrogens is 412 g/mol. The lowest BCUT2D eigenvalue weighted by Gasteiger charge is -2.08. The van der Waals surface area contributed by atoms with Crippen LogP contribution in [0.1, 0.15) is 47.3 Å². The first-order chi connectivity index (χ1) is 15.4. The van der Waals surface area contributed by atoms with E-state index < -0.39 is 6.43 Å². The second-order valence-corrected chi connectivity index (χ2v) is 7.41. The van der Waals surface area contributed by atoms with Crippen molar-refractivity contribution in [2.24, 2.45) is 7.05 Å². The molecule has 0 aliphatic carbocycles. The molecule has 0 N–H and O–H groups in total. The average molecular weight is 433 g/mol. The van der Waals surface area contributed by atoms with Gasteiger partial charge >= 0.3 is 0 Å². The van der Waals surface area contributed by atoms with E-state index >= 15 is 0 Å². The molecule has 32 heavy (non-hydrogen) atoms. The fourth-order valence-electron chi connectivity index (χ4n) is 3.83. The van der Waals surface area contributed by atoms with Crippen LogP contribution in [0.2, 0.25) is 0 Å². The predicted molar refractivity (Wildman–Crippen MR) is 114 cm³/mol. The molecule has 4 rings (SSSR count). The molecule has 0 saturated carbocycles. The fourth-order valence-corrected chi connectivity index (χ4v) is 3.83. The van der Waals surface area contributed by atoms with Gasteiger partial charge in [0.1, 0.15) is 12.0 Å². The molecule has 3 aromatic heterocycles. The van der Waals surface area contributed by atoms with Gasteiger partial charge in [0.15, 0.2) is 5.82 Å². The third kappa shape index (κ3) is 3.99. The summed E-state index contributed by atoms with van der Waals surface area (Å²) in [7, 11) is 1.88. The van der Waals surface area contributed by atoms with Crippen molar-refractivity contribution in [1.29, 1.82) is 5.26 Å². The summed E-state index contributed by atoms with van der Waals surface area (Å²) in [6.07, 6.45) is -0.128. The zero-order chi connectivity index (χ0) is 22.8. The summed E-state index contributed by atoms with van der Waals surface area (Å²) in [6, 6.07) is 12.5. The molecule has 0 atom stereocenters. The van der Waals surface area contributed by atoms with Crippen molar-refractivity contribution in [3.8, 4) is 23.1 Å². The minimum atomic E-state index is -2.66. The normalized spacial score (nSPS) is 11.2. The molecule has 3 heterocycles. The number of aryl methyl sites for hydroxylation is 2. The monoisotopic (exact) mass is 433 g/mol. The molecule has 0 unspecified atom stereocenters. The van der Waals surface area contributed by atoms with Crippen molar-refractivity contribution in [3.63, 3.8) is 0 Å². The molecule has 0 fully saturated rings. The molecule has 1 aromatic carbocycles. The first-order valence-corrected chi connectivity index (χ1v) is 10.1. The summed E-state index contributed by atoms with van der Waals surface area (Å²) >= 11 is 0. The highest BCUT2D eigenvalue weighted by Crippen LogP contribution is 2.28. The highest BCUT2D eigenvalue weighted by Gasteiger charge is 2.20. The van der Waals surface area contributed by atoms with E-state index in [1.807, 2.05) is 23.9 Å². The van der Waals surface area contributed by atoms with Crippen LogP contribution < -0.4 is 0 Å². The number of alkyl halides is 2. The number of hydrogen-bond donors (Lipinski definition) is 0. The Labute approximate surface area is 184 Å². The largest absolute Gasteiger partial charge is 0.280 e. The molecule has 0 spiro atoms. The number of rotatable bonds is 6. The Bertz CT molecular complexity index is 1300. The van der Waals surface area contributed by atoms with Crippen LogP contribution >= 0.6 is 0 Å². The summed E-state index contributed by atoms with van der Waals surface area (Å²) in [6.45, 7) is 3.72. The molecule has 162 valence electrons. The number of halogens is 2. The molecule has 0 amide bonds. The topological polar surface area (TPSA) is 85.2 Å². The van der Waals surface area contributed by atoms with E-state index in [1.165, 1.54) is 12.4 Å². The van der Waals surface area contributed by atoms with E-state index in [4.69, 9.17) is 10.4 Å². The minimum absolute atomic E-state index is 0.206. The Balaban J connectivity index is 1.70. The molecule has 0 saturated heterocycles. The van der Waals surface area contributed by atoms with Crippen LogP contribution in [0.4, 0.5) is 8.78 Å². The lowest BCUT2D eigenvalue weighted by molar-refractivity contribution is 0.142. The zero-order valence-corrected chi connectivity index (χ0v) is 17.9. The van der Waals surface area contributed by atoms with Crippen LogP contribution in [0.15, 0.2) is 42.7 Å². The van der Waals surface area contributed by atoms with Crippen LogP contribution in [-0.2, 0) is 19.9 Å². The first kappa shape index (κ1) is 21.3. The molecule has 7 nitrogen and oxygen atoms in total. The molecule has 0 radical (unpaired) electrons. The number of nitriles is 1. The Hall–Kier alpha value is -3.93. The third-order valence-corrected chi connectivity index (χ3v) is 5.23. The van der Waals surface area contributed by atoms with E-state index in [9.17, 15) is 8.78 Å². The maximum Gasteiger partial charge on any atom is 0.280 e. The summed E-state index contributed by atoms with van der Waals surface area (Å²) in [5.74, 6) is 0.291. The summed E-state index contributed by atoms with van der Waals surface area (Å²) in [5.41, 5.74) is 5.41. The third-order valence-electron chi connectivity index (χ3n) is 5.23. The van der Waals surface area contributed by atoms with Gasteiger partial charge in [-0.2, -0.15) is 15.5 Å². The summed E-state index contributed by atoms with van der Waals surface area (Å²) in [5, 5.41) is 17.9. The lowest BCUT2D eigenvalue weighted by atomic mass is 10.0. The lowest BCUT2D eigenvalue weighted by Crippen LogP contribution is -2.07. The summed E-state index contributed by atoms with van der Waals surface area (Å²) in [4.78, 5) is 8.47. The van der Waals surface area contributed by atoms with Gasteiger partial charge in [-0.3, -0.25) is 4.68 Å². The maximum atomic E-state index is 13.4. The van der Waals surface area contributed by atoms with E-state index in [2.05, 4.69) is 28.1 Å². The quantitative estimate of drug-likeness (QED) is 0.452. The van der Waals surface area contributed by atoms with E-state index in [0.29, 0.717) is 29.2 Å². The van der Waals surface area contributed by atoms with E-state index in [0.717, 1.165) is 33.6 Å². The molecule has 0 aliphatic rings. The van der Waals surface area contributed by atoms with Gasteiger partial charge in [0.05, 0.1) is 34.4 Å². The Morgan fingerprint density at radius 1 is 1.09 bits per heavy atom. The van der Waals surface area contributed by atoms with Crippen molar-refractivity contribution in [1.82, 2.24) is 29.5 Å². The van der Waals surface area contributed by atoms with Gasteiger partial charge in [0.25, 0.3) is 6.43 Å². The second kappa shape index (κ2) is 8.67. The molecular formula is C23H21F2N7. The van der Waals surface area contributed by atoms with Crippen LogP contribution in [0, 0.1) is 18.3 Å². The zero-order valence-electron chi connectivity index (χ0n) is 17.9. The molecule has 0 aliphatic heterocycles. The van der Waals surface area contributed by atoms with Crippen LogP contribution in [0.25, 0.3) is 17.1 Å². The summed E-state index contributed by atoms with van der Waals surface area (Å²) < 4.78 is 29.8. The van der Waals surface area contributed by atoms with E-state index in [-0.39, 0.29) is 5.69 Å². The number of benzene rings is 1. The average Bonchev–Trinajstić information content (AvgIpc) is 3.33. The van der Waals surface area contributed by atoms with Crippen molar-refractivity contribution in [2.75, 3.05) is 0 Å². The fraction of sp³-hybridized carbons (Fsp3) is 0.261. The standard InChI is InChI=1S/C23H21F2N7/c1-4-18-19(30-31(3)22(18)16-7-5-15(12-26)6-8-16)10-17-11-21(28-13-27-17)32-20(23(24)25)9-14(2)29-32/h5-9,11,13,23H,4,10H2,1-3H3. The van der Waals surface area contributed by atoms with Crippen LogP contribution in [0.3, 0.4) is 0 Å². The predicted octanol–water partition coefficient (Wildman–Crippen LogP) is 4.33.